The number of fused-ring (bicyclic) bond motifs is 1. The van der Waals surface area contributed by atoms with Crippen LogP contribution in [0.2, 0.25) is 5.02 Å². The van der Waals surface area contributed by atoms with E-state index >= 15 is 0 Å². The van der Waals surface area contributed by atoms with Crippen molar-refractivity contribution in [3.05, 3.63) is 94.5 Å². The highest BCUT2D eigenvalue weighted by Gasteiger charge is 2.55. The van der Waals surface area contributed by atoms with Crippen molar-refractivity contribution in [2.75, 3.05) is 12.5 Å². The average Bonchev–Trinajstić information content (AvgIpc) is 3.09. The van der Waals surface area contributed by atoms with Crippen molar-refractivity contribution in [1.82, 2.24) is 0 Å². The van der Waals surface area contributed by atoms with Gasteiger partial charge in [0, 0.05) is 29.0 Å². The standard InChI is InChI=1S/C25H20Cl2O4/c26-13-15-30-20-10-11-21-23(16-20)31-25(24(21)29,18-6-8-19(27)9-7-18)22(12-14-28)17-4-2-1-3-5-17/h1-11,14,16,22H,12-13,15H2. The summed E-state index contributed by atoms with van der Waals surface area (Å²) in [5.74, 6) is 0.592. The van der Waals surface area contributed by atoms with E-state index in [2.05, 4.69) is 0 Å². The summed E-state index contributed by atoms with van der Waals surface area (Å²) in [6, 6.07) is 21.6. The molecule has 3 aromatic rings. The first-order valence-electron chi connectivity index (χ1n) is 9.91. The second-order valence-corrected chi connectivity index (χ2v) is 8.05. The highest BCUT2D eigenvalue weighted by atomic mass is 35.5. The van der Waals surface area contributed by atoms with Gasteiger partial charge in [0.1, 0.15) is 24.4 Å². The predicted octanol–water partition coefficient (Wildman–Crippen LogP) is 5.80. The summed E-state index contributed by atoms with van der Waals surface area (Å²) >= 11 is 11.8. The normalized spacial score (nSPS) is 18.2. The minimum absolute atomic E-state index is 0.113. The number of halogens is 2. The number of ketones is 1. The van der Waals surface area contributed by atoms with Crippen molar-refractivity contribution in [3.8, 4) is 11.5 Å². The Labute approximate surface area is 190 Å². The van der Waals surface area contributed by atoms with Crippen LogP contribution < -0.4 is 9.47 Å². The number of alkyl halides is 1. The molecule has 1 aliphatic rings. The van der Waals surface area contributed by atoms with Crippen molar-refractivity contribution in [1.29, 1.82) is 0 Å². The molecule has 0 amide bonds. The number of ether oxygens (including phenoxy) is 2. The molecule has 0 spiro atoms. The molecule has 2 atom stereocenters. The first-order chi connectivity index (χ1) is 15.1. The van der Waals surface area contributed by atoms with Gasteiger partial charge in [-0.05, 0) is 29.8 Å². The van der Waals surface area contributed by atoms with E-state index in [0.29, 0.717) is 40.1 Å². The quantitative estimate of drug-likeness (QED) is 0.318. The molecule has 4 nitrogen and oxygen atoms in total. The lowest BCUT2D eigenvalue weighted by Gasteiger charge is -2.35. The van der Waals surface area contributed by atoms with Crippen molar-refractivity contribution < 1.29 is 19.1 Å². The number of carbonyl (C=O) groups is 2. The van der Waals surface area contributed by atoms with Crippen molar-refractivity contribution in [2.45, 2.75) is 17.9 Å². The molecule has 0 saturated heterocycles. The number of aldehydes is 1. The van der Waals surface area contributed by atoms with Gasteiger partial charge in [0.15, 0.2) is 0 Å². The fourth-order valence-electron chi connectivity index (χ4n) is 4.08. The molecule has 6 heteroatoms. The van der Waals surface area contributed by atoms with E-state index in [1.54, 1.807) is 42.5 Å². The van der Waals surface area contributed by atoms with Crippen LogP contribution in [0.4, 0.5) is 0 Å². The largest absolute Gasteiger partial charge is 0.492 e. The summed E-state index contributed by atoms with van der Waals surface area (Å²) in [6.07, 6.45) is 0.936. The fraction of sp³-hybridized carbons (Fsp3) is 0.200. The summed E-state index contributed by atoms with van der Waals surface area (Å²) in [5, 5.41) is 0.547. The molecule has 1 heterocycles. The van der Waals surface area contributed by atoms with Gasteiger partial charge in [-0.2, -0.15) is 0 Å². The molecule has 0 bridgehead atoms. The summed E-state index contributed by atoms with van der Waals surface area (Å²) < 4.78 is 12.1. The third kappa shape index (κ3) is 3.93. The van der Waals surface area contributed by atoms with Gasteiger partial charge in [0.2, 0.25) is 11.4 Å². The smallest absolute Gasteiger partial charge is 0.215 e. The number of Topliss-reactive ketones (excluding diaryl/α,β-unsaturated/α-hetero) is 1. The minimum atomic E-state index is -1.40. The molecule has 0 radical (unpaired) electrons. The zero-order chi connectivity index (χ0) is 21.8. The number of hydrogen-bond acceptors (Lipinski definition) is 4. The zero-order valence-corrected chi connectivity index (χ0v) is 18.1. The maximum absolute atomic E-state index is 13.9. The monoisotopic (exact) mass is 454 g/mol. The van der Waals surface area contributed by atoms with Crippen LogP contribution in [0.3, 0.4) is 0 Å². The summed E-state index contributed by atoms with van der Waals surface area (Å²) in [7, 11) is 0. The first kappa shape index (κ1) is 21.4. The average molecular weight is 455 g/mol. The van der Waals surface area contributed by atoms with Gasteiger partial charge in [-0.15, -0.1) is 11.6 Å². The van der Waals surface area contributed by atoms with E-state index in [1.807, 2.05) is 30.3 Å². The van der Waals surface area contributed by atoms with Crippen LogP contribution in [-0.4, -0.2) is 24.6 Å². The zero-order valence-electron chi connectivity index (χ0n) is 16.6. The SMILES string of the molecule is O=CCC(c1ccccc1)C1(c2ccc(Cl)cc2)Oc2cc(OCCCl)ccc2C1=O. The third-order valence-corrected chi connectivity index (χ3v) is 5.86. The Kier molecular flexibility index (Phi) is 6.30. The second kappa shape index (κ2) is 9.13. The summed E-state index contributed by atoms with van der Waals surface area (Å²) in [6.45, 7) is 0.342. The molecule has 2 unspecified atom stereocenters. The van der Waals surface area contributed by atoms with E-state index in [1.165, 1.54) is 0 Å². The Morgan fingerprint density at radius 3 is 2.45 bits per heavy atom. The molecule has 3 aromatic carbocycles. The first-order valence-corrected chi connectivity index (χ1v) is 10.8. The Bertz CT molecular complexity index is 1080. The highest BCUT2D eigenvalue weighted by Crippen LogP contribution is 2.51. The van der Waals surface area contributed by atoms with Gasteiger partial charge in [-0.3, -0.25) is 4.79 Å². The molecule has 0 fully saturated rings. The molecule has 0 N–H and O–H groups in total. The molecule has 158 valence electrons. The van der Waals surface area contributed by atoms with E-state index in [-0.39, 0.29) is 12.2 Å². The Hall–Kier alpha value is -2.82. The van der Waals surface area contributed by atoms with E-state index in [0.717, 1.165) is 11.8 Å². The molecule has 0 saturated carbocycles. The summed E-state index contributed by atoms with van der Waals surface area (Å²) in [5.41, 5.74) is 0.515. The topological polar surface area (TPSA) is 52.6 Å². The van der Waals surface area contributed by atoms with Gasteiger partial charge in [0.25, 0.3) is 0 Å². The van der Waals surface area contributed by atoms with Gasteiger partial charge < -0.3 is 14.3 Å². The van der Waals surface area contributed by atoms with Crippen LogP contribution in [0.25, 0.3) is 0 Å². The van der Waals surface area contributed by atoms with Crippen LogP contribution in [0.1, 0.15) is 33.8 Å². The third-order valence-electron chi connectivity index (χ3n) is 5.45. The Balaban J connectivity index is 1.88. The summed E-state index contributed by atoms with van der Waals surface area (Å²) in [4.78, 5) is 25.6. The molecular weight excluding hydrogens is 435 g/mol. The minimum Gasteiger partial charge on any atom is -0.492 e. The van der Waals surface area contributed by atoms with Crippen molar-refractivity contribution in [3.63, 3.8) is 0 Å². The second-order valence-electron chi connectivity index (χ2n) is 7.23. The van der Waals surface area contributed by atoms with E-state index in [9.17, 15) is 9.59 Å². The van der Waals surface area contributed by atoms with Gasteiger partial charge in [-0.25, -0.2) is 0 Å². The molecular formula is C25H20Cl2O4. The van der Waals surface area contributed by atoms with Crippen LogP contribution in [0.15, 0.2) is 72.8 Å². The molecule has 1 aliphatic heterocycles. The van der Waals surface area contributed by atoms with Crippen LogP contribution in [-0.2, 0) is 10.4 Å². The van der Waals surface area contributed by atoms with E-state index < -0.39 is 11.5 Å². The lowest BCUT2D eigenvalue weighted by atomic mass is 9.72. The Morgan fingerprint density at radius 2 is 1.77 bits per heavy atom. The van der Waals surface area contributed by atoms with Gasteiger partial charge in [-0.1, -0.05) is 54.1 Å². The fourth-order valence-corrected chi connectivity index (χ4v) is 4.28. The molecule has 4 rings (SSSR count). The van der Waals surface area contributed by atoms with Crippen molar-refractivity contribution in [2.24, 2.45) is 0 Å². The van der Waals surface area contributed by atoms with Gasteiger partial charge >= 0.3 is 0 Å². The maximum Gasteiger partial charge on any atom is 0.215 e. The predicted molar refractivity (Wildman–Crippen MR) is 121 cm³/mol. The Morgan fingerprint density at radius 1 is 1.03 bits per heavy atom. The van der Waals surface area contributed by atoms with Crippen LogP contribution in [0, 0.1) is 0 Å². The number of hydrogen-bond donors (Lipinski definition) is 0. The maximum atomic E-state index is 13.9. The van der Waals surface area contributed by atoms with Crippen LogP contribution >= 0.6 is 23.2 Å². The van der Waals surface area contributed by atoms with Crippen LogP contribution in [0.5, 0.6) is 11.5 Å². The van der Waals surface area contributed by atoms with Gasteiger partial charge in [0.05, 0.1) is 11.4 Å². The van der Waals surface area contributed by atoms with Crippen molar-refractivity contribution >= 4 is 35.3 Å². The lowest BCUT2D eigenvalue weighted by Crippen LogP contribution is -2.43. The molecule has 0 aliphatic carbocycles. The number of benzene rings is 3. The molecule has 0 aromatic heterocycles. The number of rotatable bonds is 8. The lowest BCUT2D eigenvalue weighted by molar-refractivity contribution is -0.109. The highest BCUT2D eigenvalue weighted by molar-refractivity contribution is 6.30. The number of carbonyl (C=O) groups excluding carboxylic acids is 2. The van der Waals surface area contributed by atoms with E-state index in [4.69, 9.17) is 32.7 Å². The molecule has 31 heavy (non-hydrogen) atoms.